The van der Waals surface area contributed by atoms with E-state index in [4.69, 9.17) is 4.12 Å². The molecule has 0 aliphatic carbocycles. The lowest BCUT2D eigenvalue weighted by atomic mass is 10.2. The second-order valence-electron chi connectivity index (χ2n) is 6.69. The first-order chi connectivity index (χ1) is 6.62. The Labute approximate surface area is 100 Å². The summed E-state index contributed by atoms with van der Waals surface area (Å²) in [6.45, 7) is 18.7. The van der Waals surface area contributed by atoms with Crippen LogP contribution < -0.4 is 0 Å². The van der Waals surface area contributed by atoms with Gasteiger partial charge in [-0.25, -0.2) is 0 Å². The SMILES string of the molecule is CC[SiH](CC)O[SiH](C(C)(C)C)C(C)(C)C. The molecule has 0 bridgehead atoms. The molecule has 15 heavy (non-hydrogen) atoms. The molecule has 1 nitrogen and oxygen atoms in total. The summed E-state index contributed by atoms with van der Waals surface area (Å²) in [7, 11) is -2.03. The van der Waals surface area contributed by atoms with Gasteiger partial charge in [-0.3, -0.25) is 0 Å². The largest absolute Gasteiger partial charge is 0.459 e. The van der Waals surface area contributed by atoms with E-state index in [0.717, 1.165) is 0 Å². The Bertz CT molecular complexity index is 161. The van der Waals surface area contributed by atoms with Gasteiger partial charge in [0, 0.05) is 0 Å². The van der Waals surface area contributed by atoms with E-state index >= 15 is 0 Å². The zero-order valence-electron chi connectivity index (χ0n) is 12.0. The molecule has 0 amide bonds. The standard InChI is InChI=1S/C12H30OSi2/c1-9-14(10-2)13-15(11(3,4)5)12(6,7)8/h14-15H,9-10H2,1-8H3. The third-order valence-electron chi connectivity index (χ3n) is 2.81. The van der Waals surface area contributed by atoms with Gasteiger partial charge in [-0.1, -0.05) is 55.4 Å². The minimum atomic E-state index is -1.14. The molecule has 0 atom stereocenters. The summed E-state index contributed by atoms with van der Waals surface area (Å²) < 4.78 is 6.56. The summed E-state index contributed by atoms with van der Waals surface area (Å²) in [6, 6.07) is 2.57. The fourth-order valence-corrected chi connectivity index (χ4v) is 11.9. The average molecular weight is 247 g/mol. The zero-order valence-corrected chi connectivity index (χ0v) is 14.3. The highest BCUT2D eigenvalue weighted by Crippen LogP contribution is 2.42. The highest BCUT2D eigenvalue weighted by Gasteiger charge is 2.39. The Kier molecular flexibility index (Phi) is 5.79. The Balaban J connectivity index is 4.67. The van der Waals surface area contributed by atoms with Crippen LogP contribution in [0.1, 0.15) is 55.4 Å². The molecule has 0 radical (unpaired) electrons. The van der Waals surface area contributed by atoms with Gasteiger partial charge in [0.1, 0.15) is 0 Å². The maximum Gasteiger partial charge on any atom is 0.173 e. The first-order valence-corrected chi connectivity index (χ1v) is 10.0. The predicted octanol–water partition coefficient (Wildman–Crippen LogP) is 4.09. The highest BCUT2D eigenvalue weighted by molar-refractivity contribution is 6.69. The van der Waals surface area contributed by atoms with Gasteiger partial charge in [0.2, 0.25) is 0 Å². The van der Waals surface area contributed by atoms with Crippen LogP contribution in [0, 0.1) is 0 Å². The molecule has 0 saturated carbocycles. The van der Waals surface area contributed by atoms with Gasteiger partial charge < -0.3 is 4.12 Å². The lowest BCUT2D eigenvalue weighted by Crippen LogP contribution is -2.42. The van der Waals surface area contributed by atoms with Crippen LogP contribution in [0.15, 0.2) is 0 Å². The van der Waals surface area contributed by atoms with Gasteiger partial charge in [0.15, 0.2) is 18.1 Å². The molecule has 0 spiro atoms. The van der Waals surface area contributed by atoms with Crippen molar-refractivity contribution in [2.45, 2.75) is 77.6 Å². The topological polar surface area (TPSA) is 9.23 Å². The monoisotopic (exact) mass is 246 g/mol. The molecule has 0 saturated heterocycles. The number of hydrogen-bond donors (Lipinski definition) is 0. The first-order valence-electron chi connectivity index (χ1n) is 6.28. The molecule has 0 rings (SSSR count). The van der Waals surface area contributed by atoms with Crippen LogP contribution in [0.2, 0.25) is 22.2 Å². The van der Waals surface area contributed by atoms with E-state index in [0.29, 0.717) is 10.1 Å². The Morgan fingerprint density at radius 1 is 0.800 bits per heavy atom. The maximum atomic E-state index is 6.56. The van der Waals surface area contributed by atoms with E-state index in [1.54, 1.807) is 0 Å². The van der Waals surface area contributed by atoms with Gasteiger partial charge in [-0.2, -0.15) is 0 Å². The third-order valence-corrected chi connectivity index (χ3v) is 10.4. The lowest BCUT2D eigenvalue weighted by molar-refractivity contribution is 0.466. The molecular weight excluding hydrogens is 216 g/mol. The predicted molar refractivity (Wildman–Crippen MR) is 75.8 cm³/mol. The van der Waals surface area contributed by atoms with Crippen LogP contribution in [0.3, 0.4) is 0 Å². The Morgan fingerprint density at radius 3 is 1.33 bits per heavy atom. The van der Waals surface area contributed by atoms with Crippen molar-refractivity contribution in [3.63, 3.8) is 0 Å². The molecular formula is C12H30OSi2. The first kappa shape index (κ1) is 15.4. The second-order valence-corrected chi connectivity index (χ2v) is 14.9. The van der Waals surface area contributed by atoms with Crippen LogP contribution in [0.4, 0.5) is 0 Å². The maximum absolute atomic E-state index is 6.56. The Hall–Kier alpha value is 0.394. The summed E-state index contributed by atoms with van der Waals surface area (Å²) in [4.78, 5) is 0. The summed E-state index contributed by atoms with van der Waals surface area (Å²) >= 11 is 0. The molecule has 0 aromatic carbocycles. The minimum Gasteiger partial charge on any atom is -0.459 e. The smallest absolute Gasteiger partial charge is 0.173 e. The fourth-order valence-electron chi connectivity index (χ4n) is 2.38. The molecule has 0 heterocycles. The minimum absolute atomic E-state index is 0.383. The number of hydrogen-bond acceptors (Lipinski definition) is 1. The molecule has 0 aliphatic rings. The quantitative estimate of drug-likeness (QED) is 0.679. The van der Waals surface area contributed by atoms with E-state index < -0.39 is 18.1 Å². The molecule has 0 aliphatic heterocycles. The molecule has 3 heteroatoms. The molecule has 0 aromatic heterocycles. The van der Waals surface area contributed by atoms with E-state index in [1.165, 1.54) is 12.1 Å². The summed E-state index contributed by atoms with van der Waals surface area (Å²) in [5.74, 6) is 0. The van der Waals surface area contributed by atoms with E-state index in [2.05, 4.69) is 55.4 Å². The summed E-state index contributed by atoms with van der Waals surface area (Å²) in [6.07, 6.45) is 0. The van der Waals surface area contributed by atoms with Crippen molar-refractivity contribution in [1.82, 2.24) is 0 Å². The molecule has 92 valence electrons. The van der Waals surface area contributed by atoms with Crippen LogP contribution in [-0.4, -0.2) is 18.1 Å². The van der Waals surface area contributed by atoms with Crippen LogP contribution >= 0.6 is 0 Å². The van der Waals surface area contributed by atoms with Crippen molar-refractivity contribution in [1.29, 1.82) is 0 Å². The summed E-state index contributed by atoms with van der Waals surface area (Å²) in [5, 5.41) is 0.766. The molecule has 0 aromatic rings. The van der Waals surface area contributed by atoms with Crippen molar-refractivity contribution in [2.75, 3.05) is 0 Å². The van der Waals surface area contributed by atoms with E-state index in [-0.39, 0.29) is 0 Å². The van der Waals surface area contributed by atoms with Crippen LogP contribution in [0.25, 0.3) is 0 Å². The van der Waals surface area contributed by atoms with Crippen molar-refractivity contribution < 1.29 is 4.12 Å². The highest BCUT2D eigenvalue weighted by atomic mass is 28.4. The van der Waals surface area contributed by atoms with Crippen molar-refractivity contribution >= 4 is 18.1 Å². The lowest BCUT2D eigenvalue weighted by Gasteiger charge is -2.41. The van der Waals surface area contributed by atoms with Gasteiger partial charge >= 0.3 is 0 Å². The average Bonchev–Trinajstić information content (AvgIpc) is 2.01. The molecule has 0 unspecified atom stereocenters. The van der Waals surface area contributed by atoms with E-state index in [9.17, 15) is 0 Å². The van der Waals surface area contributed by atoms with Crippen molar-refractivity contribution in [3.8, 4) is 0 Å². The van der Waals surface area contributed by atoms with Gasteiger partial charge in [0.05, 0.1) is 0 Å². The Morgan fingerprint density at radius 2 is 1.13 bits per heavy atom. The normalized spacial score (nSPS) is 14.0. The second kappa shape index (κ2) is 5.64. The van der Waals surface area contributed by atoms with Gasteiger partial charge in [-0.05, 0) is 22.2 Å². The van der Waals surface area contributed by atoms with Gasteiger partial charge in [-0.15, -0.1) is 0 Å². The van der Waals surface area contributed by atoms with Crippen LogP contribution in [0.5, 0.6) is 0 Å². The zero-order chi connectivity index (χ0) is 12.3. The van der Waals surface area contributed by atoms with Crippen LogP contribution in [-0.2, 0) is 4.12 Å². The van der Waals surface area contributed by atoms with Crippen molar-refractivity contribution in [2.24, 2.45) is 0 Å². The molecule has 0 N–H and O–H groups in total. The third kappa shape index (κ3) is 5.32. The summed E-state index contributed by atoms with van der Waals surface area (Å²) in [5.41, 5.74) is 0. The number of rotatable bonds is 4. The van der Waals surface area contributed by atoms with Gasteiger partial charge in [0.25, 0.3) is 0 Å². The van der Waals surface area contributed by atoms with E-state index in [1.807, 2.05) is 0 Å². The fraction of sp³-hybridized carbons (Fsp3) is 1.00. The van der Waals surface area contributed by atoms with Crippen molar-refractivity contribution in [3.05, 3.63) is 0 Å². The molecule has 0 fully saturated rings.